The SMILES string of the molecule is NC(=O)Oc1ccc(NS(=O)(=O)CC(CCc2ccccc2)NC(=O)CCS(=O)(=O)Cc2ccccc2)cc1. The smallest absolute Gasteiger partial charge is 0.409 e. The number of nitrogens with one attached hydrogen (secondary N) is 2. The van der Waals surface area contributed by atoms with Gasteiger partial charge in [0.25, 0.3) is 0 Å². The van der Waals surface area contributed by atoms with Crippen molar-refractivity contribution in [2.45, 2.75) is 31.1 Å². The number of hydrogen-bond donors (Lipinski definition) is 3. The van der Waals surface area contributed by atoms with Gasteiger partial charge in [0.15, 0.2) is 9.84 Å². The lowest BCUT2D eigenvalue weighted by molar-refractivity contribution is -0.121. The van der Waals surface area contributed by atoms with Crippen LogP contribution < -0.4 is 20.5 Å². The van der Waals surface area contributed by atoms with Crippen molar-refractivity contribution in [2.75, 3.05) is 16.2 Å². The molecule has 0 spiro atoms. The lowest BCUT2D eigenvalue weighted by Crippen LogP contribution is -2.42. The predicted molar refractivity (Wildman–Crippen MR) is 149 cm³/mol. The third-order valence-corrected chi connectivity index (χ3v) is 8.61. The summed E-state index contributed by atoms with van der Waals surface area (Å²) in [6.45, 7) is 0. The van der Waals surface area contributed by atoms with Crippen LogP contribution in [0.15, 0.2) is 84.9 Å². The van der Waals surface area contributed by atoms with Crippen LogP contribution in [0.25, 0.3) is 0 Å². The zero-order chi connectivity index (χ0) is 28.3. The molecule has 0 aliphatic heterocycles. The van der Waals surface area contributed by atoms with Gasteiger partial charge in [-0.3, -0.25) is 9.52 Å². The van der Waals surface area contributed by atoms with Gasteiger partial charge in [0.05, 0.1) is 17.3 Å². The number of anilines is 1. The molecule has 1 atom stereocenters. The second-order valence-electron chi connectivity index (χ2n) is 8.95. The fourth-order valence-corrected chi connectivity index (χ4v) is 6.52. The van der Waals surface area contributed by atoms with Crippen molar-refractivity contribution in [3.8, 4) is 5.75 Å². The van der Waals surface area contributed by atoms with E-state index in [1.54, 1.807) is 30.3 Å². The normalized spacial score (nSPS) is 12.3. The van der Waals surface area contributed by atoms with Crippen LogP contribution in [0.2, 0.25) is 0 Å². The Labute approximate surface area is 228 Å². The molecule has 3 aromatic carbocycles. The van der Waals surface area contributed by atoms with E-state index in [-0.39, 0.29) is 29.4 Å². The molecule has 1 unspecified atom stereocenters. The van der Waals surface area contributed by atoms with Crippen molar-refractivity contribution in [2.24, 2.45) is 5.73 Å². The molecule has 0 aromatic heterocycles. The second kappa shape index (κ2) is 13.8. The highest BCUT2D eigenvalue weighted by molar-refractivity contribution is 7.92. The van der Waals surface area contributed by atoms with Gasteiger partial charge in [-0.2, -0.15) is 0 Å². The summed E-state index contributed by atoms with van der Waals surface area (Å²) in [6.07, 6.45) is -0.453. The van der Waals surface area contributed by atoms with E-state index in [0.29, 0.717) is 18.4 Å². The van der Waals surface area contributed by atoms with Crippen LogP contribution in [-0.4, -0.2) is 46.4 Å². The molecule has 0 saturated carbocycles. The fraction of sp³-hybridized carbons (Fsp3) is 0.259. The van der Waals surface area contributed by atoms with E-state index in [9.17, 15) is 26.4 Å². The first kappa shape index (κ1) is 29.7. The number of amides is 2. The van der Waals surface area contributed by atoms with E-state index in [4.69, 9.17) is 10.5 Å². The maximum Gasteiger partial charge on any atom is 0.409 e. The zero-order valence-electron chi connectivity index (χ0n) is 21.2. The maximum atomic E-state index is 12.9. The number of carbonyl (C=O) groups excluding carboxylic acids is 2. The predicted octanol–water partition coefficient (Wildman–Crippen LogP) is 3.01. The van der Waals surface area contributed by atoms with Crippen LogP contribution in [0.1, 0.15) is 24.0 Å². The molecule has 0 bridgehead atoms. The average molecular weight is 574 g/mol. The number of sulfonamides is 1. The minimum absolute atomic E-state index is 0.153. The Balaban J connectivity index is 1.63. The molecule has 4 N–H and O–H groups in total. The van der Waals surface area contributed by atoms with E-state index in [1.165, 1.54) is 24.3 Å². The first-order chi connectivity index (χ1) is 18.5. The number of hydrogen-bond acceptors (Lipinski definition) is 7. The summed E-state index contributed by atoms with van der Waals surface area (Å²) >= 11 is 0. The Kier molecular flexibility index (Phi) is 10.5. The lowest BCUT2D eigenvalue weighted by Gasteiger charge is -2.20. The van der Waals surface area contributed by atoms with Gasteiger partial charge in [0, 0.05) is 18.2 Å². The summed E-state index contributed by atoms with van der Waals surface area (Å²) in [5.41, 5.74) is 6.80. The van der Waals surface area contributed by atoms with Crippen molar-refractivity contribution in [1.82, 2.24) is 5.32 Å². The summed E-state index contributed by atoms with van der Waals surface area (Å²) in [6, 6.07) is 22.9. The molecule has 0 heterocycles. The van der Waals surface area contributed by atoms with Crippen molar-refractivity contribution < 1.29 is 31.2 Å². The summed E-state index contributed by atoms with van der Waals surface area (Å²) in [7, 11) is -7.46. The standard InChI is InChI=1S/C27H31N3O7S2/c28-27(32)37-25-15-13-23(14-16-25)30-39(35,36)20-24(12-11-21-7-3-1-4-8-21)29-26(31)17-18-38(33,34)19-22-9-5-2-6-10-22/h1-10,13-16,24,30H,11-12,17-20H2,(H2,28,32)(H,29,31). The third kappa shape index (κ3) is 11.2. The van der Waals surface area contributed by atoms with Crippen LogP contribution in [0.4, 0.5) is 10.5 Å². The van der Waals surface area contributed by atoms with Gasteiger partial charge in [-0.15, -0.1) is 0 Å². The number of benzene rings is 3. The topological polar surface area (TPSA) is 162 Å². The van der Waals surface area contributed by atoms with Gasteiger partial charge in [0.2, 0.25) is 15.9 Å². The first-order valence-corrected chi connectivity index (χ1v) is 15.6. The molecule has 12 heteroatoms. The fourth-order valence-electron chi connectivity index (χ4n) is 3.82. The Morgan fingerprint density at radius 1 is 0.821 bits per heavy atom. The highest BCUT2D eigenvalue weighted by atomic mass is 32.2. The van der Waals surface area contributed by atoms with Crippen LogP contribution in [0.5, 0.6) is 5.75 Å². The van der Waals surface area contributed by atoms with Gasteiger partial charge >= 0.3 is 6.09 Å². The molecule has 0 fully saturated rings. The number of rotatable bonds is 14. The van der Waals surface area contributed by atoms with E-state index < -0.39 is 43.7 Å². The highest BCUT2D eigenvalue weighted by Gasteiger charge is 2.23. The van der Waals surface area contributed by atoms with Crippen LogP contribution in [0.3, 0.4) is 0 Å². The van der Waals surface area contributed by atoms with Crippen molar-refractivity contribution in [3.63, 3.8) is 0 Å². The van der Waals surface area contributed by atoms with E-state index in [2.05, 4.69) is 10.0 Å². The number of primary amides is 1. The van der Waals surface area contributed by atoms with Crippen molar-refractivity contribution in [1.29, 1.82) is 0 Å². The molecule has 0 saturated heterocycles. The maximum absolute atomic E-state index is 12.9. The van der Waals surface area contributed by atoms with Crippen LogP contribution >= 0.6 is 0 Å². The monoisotopic (exact) mass is 573 g/mol. The van der Waals surface area contributed by atoms with Crippen LogP contribution in [0, 0.1) is 0 Å². The molecule has 10 nitrogen and oxygen atoms in total. The number of carbonyl (C=O) groups is 2. The molecule has 208 valence electrons. The Hall–Kier alpha value is -3.90. The number of sulfone groups is 1. The summed E-state index contributed by atoms with van der Waals surface area (Å²) < 4.78 is 58.0. The minimum Gasteiger partial charge on any atom is -0.411 e. The molecule has 3 aromatic rings. The molecule has 0 aliphatic carbocycles. The molecular weight excluding hydrogens is 542 g/mol. The number of nitrogens with two attached hydrogens (primary N) is 1. The molecule has 3 rings (SSSR count). The lowest BCUT2D eigenvalue weighted by atomic mass is 10.1. The van der Waals surface area contributed by atoms with Gasteiger partial charge in [-0.05, 0) is 48.2 Å². The Bertz CT molecular complexity index is 1450. The van der Waals surface area contributed by atoms with E-state index >= 15 is 0 Å². The minimum atomic E-state index is -3.92. The highest BCUT2D eigenvalue weighted by Crippen LogP contribution is 2.18. The van der Waals surface area contributed by atoms with Gasteiger partial charge in [-0.1, -0.05) is 60.7 Å². The Morgan fingerprint density at radius 2 is 1.41 bits per heavy atom. The van der Waals surface area contributed by atoms with Gasteiger partial charge < -0.3 is 15.8 Å². The quantitative estimate of drug-likeness (QED) is 0.267. The first-order valence-electron chi connectivity index (χ1n) is 12.2. The van der Waals surface area contributed by atoms with Crippen molar-refractivity contribution >= 4 is 37.5 Å². The van der Waals surface area contributed by atoms with Gasteiger partial charge in [0.1, 0.15) is 5.75 Å². The molecule has 2 amide bonds. The van der Waals surface area contributed by atoms with E-state index in [1.807, 2.05) is 30.3 Å². The number of aryl methyl sites for hydroxylation is 1. The average Bonchev–Trinajstić information content (AvgIpc) is 2.88. The molecular formula is C27H31N3O7S2. The van der Waals surface area contributed by atoms with Crippen molar-refractivity contribution in [3.05, 3.63) is 96.1 Å². The number of ether oxygens (including phenoxy) is 1. The Morgan fingerprint density at radius 3 is 2.00 bits per heavy atom. The third-order valence-electron chi connectivity index (χ3n) is 5.63. The van der Waals surface area contributed by atoms with E-state index in [0.717, 1.165) is 5.56 Å². The largest absolute Gasteiger partial charge is 0.411 e. The molecule has 0 radical (unpaired) electrons. The zero-order valence-corrected chi connectivity index (χ0v) is 22.8. The summed E-state index contributed by atoms with van der Waals surface area (Å²) in [5, 5.41) is 2.70. The van der Waals surface area contributed by atoms with Crippen LogP contribution in [-0.2, 0) is 36.8 Å². The molecule has 39 heavy (non-hydrogen) atoms. The summed E-state index contributed by atoms with van der Waals surface area (Å²) in [4.78, 5) is 23.6. The molecule has 0 aliphatic rings. The summed E-state index contributed by atoms with van der Waals surface area (Å²) in [5.74, 6) is -1.36. The second-order valence-corrected chi connectivity index (χ2v) is 12.9. The van der Waals surface area contributed by atoms with Gasteiger partial charge in [-0.25, -0.2) is 21.6 Å².